The van der Waals surface area contributed by atoms with E-state index in [4.69, 9.17) is 11.6 Å². The Kier molecular flexibility index (Phi) is 7.91. The fraction of sp³-hybridized carbons (Fsp3) is 0.0714. The van der Waals surface area contributed by atoms with Crippen LogP contribution in [0.3, 0.4) is 0 Å². The summed E-state index contributed by atoms with van der Waals surface area (Å²) in [5, 5.41) is 14.4. The van der Waals surface area contributed by atoms with Crippen molar-refractivity contribution >= 4 is 39.4 Å². The van der Waals surface area contributed by atoms with E-state index in [0.29, 0.717) is 16.1 Å². The maximum absolute atomic E-state index is 13.8. The summed E-state index contributed by atoms with van der Waals surface area (Å²) in [4.78, 5) is 13.2. The van der Waals surface area contributed by atoms with E-state index in [9.17, 15) is 18.3 Å². The number of aryl methyl sites for hydroxylation is 1. The first-order valence-electron chi connectivity index (χ1n) is 11.3. The Bertz CT molecular complexity index is 1540. The van der Waals surface area contributed by atoms with Gasteiger partial charge in [0.15, 0.2) is 0 Å². The Hall–Kier alpha value is -4.14. The third kappa shape index (κ3) is 6.17. The number of hydrogen-bond acceptors (Lipinski definition) is 5. The third-order valence-electron chi connectivity index (χ3n) is 5.57. The molecule has 0 saturated carbocycles. The minimum Gasteiger partial charge on any atom is -0.507 e. The fourth-order valence-electron chi connectivity index (χ4n) is 3.59. The monoisotopic (exact) mass is 533 g/mol. The van der Waals surface area contributed by atoms with Gasteiger partial charge in [-0.1, -0.05) is 65.7 Å². The van der Waals surface area contributed by atoms with E-state index in [1.54, 1.807) is 84.9 Å². The van der Waals surface area contributed by atoms with Crippen molar-refractivity contribution in [1.82, 2.24) is 5.43 Å². The van der Waals surface area contributed by atoms with Gasteiger partial charge in [-0.2, -0.15) is 5.10 Å². The summed E-state index contributed by atoms with van der Waals surface area (Å²) in [7, 11) is -4.06. The van der Waals surface area contributed by atoms with E-state index in [-0.39, 0.29) is 28.4 Å². The number of phenolic OH excluding ortho intramolecular Hbond substituents is 1. The van der Waals surface area contributed by atoms with Crippen LogP contribution in [0.5, 0.6) is 5.75 Å². The molecular weight excluding hydrogens is 510 g/mol. The number of amides is 1. The summed E-state index contributed by atoms with van der Waals surface area (Å²) in [6, 6.07) is 26.3. The van der Waals surface area contributed by atoms with Crippen LogP contribution in [-0.2, 0) is 16.6 Å². The molecule has 1 amide bonds. The maximum atomic E-state index is 13.8. The lowest BCUT2D eigenvalue weighted by atomic mass is 10.1. The molecule has 0 atom stereocenters. The number of carbonyl (C=O) groups excluding carboxylic acids is 1. The first-order chi connectivity index (χ1) is 17.8. The van der Waals surface area contributed by atoms with Crippen molar-refractivity contribution in [3.05, 3.63) is 124 Å². The average Bonchev–Trinajstić information content (AvgIpc) is 2.89. The molecule has 0 aliphatic heterocycles. The van der Waals surface area contributed by atoms with Crippen LogP contribution < -0.4 is 9.73 Å². The number of para-hydroxylation sites is 2. The van der Waals surface area contributed by atoms with Crippen molar-refractivity contribution in [3.8, 4) is 5.75 Å². The van der Waals surface area contributed by atoms with Gasteiger partial charge >= 0.3 is 0 Å². The predicted molar refractivity (Wildman–Crippen MR) is 146 cm³/mol. The standard InChI is InChI=1S/C28H24ClN3O4S/c1-20-10-16-24(17-11-20)37(35,36)32(19-21-12-14-23(29)15-13-21)26-8-4-3-7-25(26)28(34)31-30-18-22-6-2-5-9-27(22)33/h2-18,33H,19H2,1H3,(H,31,34)/b30-18-. The van der Waals surface area contributed by atoms with Crippen molar-refractivity contribution in [1.29, 1.82) is 0 Å². The fourth-order valence-corrected chi connectivity index (χ4v) is 5.19. The molecule has 0 aliphatic carbocycles. The average molecular weight is 534 g/mol. The molecule has 0 fully saturated rings. The summed E-state index contributed by atoms with van der Waals surface area (Å²) in [6.45, 7) is 1.84. The molecule has 4 aromatic rings. The molecule has 4 rings (SSSR count). The van der Waals surface area contributed by atoms with E-state index < -0.39 is 15.9 Å². The molecule has 0 radical (unpaired) electrons. The Labute approximate surface area is 220 Å². The molecule has 0 bridgehead atoms. The summed E-state index contributed by atoms with van der Waals surface area (Å²) < 4.78 is 28.9. The number of nitrogens with one attached hydrogen (secondary N) is 1. The molecule has 9 heteroatoms. The number of carbonyl (C=O) groups is 1. The van der Waals surface area contributed by atoms with Crippen LogP contribution in [-0.4, -0.2) is 25.6 Å². The molecule has 37 heavy (non-hydrogen) atoms. The number of phenols is 1. The van der Waals surface area contributed by atoms with Crippen LogP contribution in [0.25, 0.3) is 0 Å². The molecule has 0 spiro atoms. The van der Waals surface area contributed by atoms with Crippen LogP contribution >= 0.6 is 11.6 Å². The van der Waals surface area contributed by atoms with Crippen LogP contribution in [0.15, 0.2) is 107 Å². The van der Waals surface area contributed by atoms with Gasteiger partial charge in [0.25, 0.3) is 15.9 Å². The van der Waals surface area contributed by atoms with Gasteiger partial charge in [0.2, 0.25) is 0 Å². The van der Waals surface area contributed by atoms with Crippen LogP contribution in [0.1, 0.15) is 27.0 Å². The molecule has 0 heterocycles. The van der Waals surface area contributed by atoms with Crippen molar-refractivity contribution in [2.45, 2.75) is 18.4 Å². The van der Waals surface area contributed by atoms with E-state index in [1.807, 2.05) is 6.92 Å². The Morgan fingerprint density at radius 1 is 0.946 bits per heavy atom. The molecule has 7 nitrogen and oxygen atoms in total. The highest BCUT2D eigenvalue weighted by molar-refractivity contribution is 7.92. The van der Waals surface area contributed by atoms with Crippen molar-refractivity contribution < 1.29 is 18.3 Å². The Morgan fingerprint density at radius 2 is 1.59 bits per heavy atom. The number of hydrogen-bond donors (Lipinski definition) is 2. The molecule has 0 unspecified atom stereocenters. The van der Waals surface area contributed by atoms with Crippen LogP contribution in [0.2, 0.25) is 5.02 Å². The normalized spacial score (nSPS) is 11.4. The zero-order valence-electron chi connectivity index (χ0n) is 19.9. The number of nitrogens with zero attached hydrogens (tertiary/aromatic N) is 2. The second-order valence-corrected chi connectivity index (χ2v) is 10.5. The lowest BCUT2D eigenvalue weighted by Gasteiger charge is -2.26. The first kappa shape index (κ1) is 25.9. The number of sulfonamides is 1. The predicted octanol–water partition coefficient (Wildman–Crippen LogP) is 5.51. The summed E-state index contributed by atoms with van der Waals surface area (Å²) in [6.07, 6.45) is 1.31. The molecule has 0 saturated heterocycles. The molecule has 0 aliphatic rings. The minimum absolute atomic E-state index is 0.0132. The minimum atomic E-state index is -4.06. The van der Waals surface area contributed by atoms with E-state index in [0.717, 1.165) is 5.56 Å². The van der Waals surface area contributed by atoms with Gasteiger partial charge in [0.05, 0.1) is 28.9 Å². The molecule has 4 aromatic carbocycles. The number of anilines is 1. The second kappa shape index (κ2) is 11.3. The van der Waals surface area contributed by atoms with Gasteiger partial charge in [0, 0.05) is 10.6 Å². The van der Waals surface area contributed by atoms with E-state index in [1.165, 1.54) is 22.7 Å². The Balaban J connectivity index is 1.72. The van der Waals surface area contributed by atoms with E-state index >= 15 is 0 Å². The van der Waals surface area contributed by atoms with Gasteiger partial charge in [-0.05, 0) is 61.0 Å². The van der Waals surface area contributed by atoms with Crippen LogP contribution in [0, 0.1) is 6.92 Å². The summed E-state index contributed by atoms with van der Waals surface area (Å²) >= 11 is 6.02. The number of hydrazone groups is 1. The van der Waals surface area contributed by atoms with Gasteiger partial charge in [-0.25, -0.2) is 13.8 Å². The summed E-state index contributed by atoms with van der Waals surface area (Å²) in [5.74, 6) is -0.596. The van der Waals surface area contributed by atoms with Gasteiger partial charge < -0.3 is 5.11 Å². The smallest absolute Gasteiger partial charge is 0.273 e. The number of halogens is 1. The second-order valence-electron chi connectivity index (χ2n) is 8.23. The van der Waals surface area contributed by atoms with Gasteiger partial charge in [0.1, 0.15) is 5.75 Å². The number of benzene rings is 4. The topological polar surface area (TPSA) is 99.1 Å². The van der Waals surface area contributed by atoms with Gasteiger partial charge in [-0.15, -0.1) is 0 Å². The van der Waals surface area contributed by atoms with Crippen molar-refractivity contribution in [3.63, 3.8) is 0 Å². The van der Waals surface area contributed by atoms with E-state index in [2.05, 4.69) is 10.5 Å². The highest BCUT2D eigenvalue weighted by atomic mass is 35.5. The first-order valence-corrected chi connectivity index (χ1v) is 13.1. The Morgan fingerprint density at radius 3 is 2.30 bits per heavy atom. The lowest BCUT2D eigenvalue weighted by Crippen LogP contribution is -2.33. The number of rotatable bonds is 8. The zero-order chi connectivity index (χ0) is 26.4. The zero-order valence-corrected chi connectivity index (χ0v) is 21.4. The highest BCUT2D eigenvalue weighted by Crippen LogP contribution is 2.30. The number of aromatic hydroxyl groups is 1. The van der Waals surface area contributed by atoms with Crippen molar-refractivity contribution in [2.24, 2.45) is 5.10 Å². The lowest BCUT2D eigenvalue weighted by molar-refractivity contribution is 0.0955. The molecular formula is C28H24ClN3O4S. The quantitative estimate of drug-likeness (QED) is 0.230. The SMILES string of the molecule is Cc1ccc(S(=O)(=O)N(Cc2ccc(Cl)cc2)c2ccccc2C(=O)N/N=C\c2ccccc2O)cc1. The maximum Gasteiger partial charge on any atom is 0.273 e. The molecule has 188 valence electrons. The molecule has 0 aromatic heterocycles. The summed E-state index contributed by atoms with van der Waals surface area (Å²) in [5.41, 5.74) is 4.75. The van der Waals surface area contributed by atoms with Crippen LogP contribution in [0.4, 0.5) is 5.69 Å². The van der Waals surface area contributed by atoms with Crippen molar-refractivity contribution in [2.75, 3.05) is 4.31 Å². The van der Waals surface area contributed by atoms with Gasteiger partial charge in [-0.3, -0.25) is 9.10 Å². The molecule has 2 N–H and O–H groups in total. The third-order valence-corrected chi connectivity index (χ3v) is 7.60. The largest absolute Gasteiger partial charge is 0.507 e. The highest BCUT2D eigenvalue weighted by Gasteiger charge is 2.28.